The number of aromatic carboxylic acids is 1. The quantitative estimate of drug-likeness (QED) is 0.755. The van der Waals surface area contributed by atoms with Gasteiger partial charge >= 0.3 is 5.97 Å². The second kappa shape index (κ2) is 6.25. The Bertz CT molecular complexity index is 1010. The number of hydrogen-bond donors (Lipinski definition) is 2. The highest BCUT2D eigenvalue weighted by molar-refractivity contribution is 7.18. The zero-order chi connectivity index (χ0) is 17.3. The van der Waals surface area contributed by atoms with E-state index in [4.69, 9.17) is 5.11 Å². The summed E-state index contributed by atoms with van der Waals surface area (Å²) in [7, 11) is 0. The minimum absolute atomic E-state index is 0.0711. The van der Waals surface area contributed by atoms with Crippen molar-refractivity contribution in [1.82, 2.24) is 9.55 Å². The second-order valence-corrected chi connectivity index (χ2v) is 6.42. The number of thiophene rings is 1. The predicted octanol–water partition coefficient (Wildman–Crippen LogP) is 2.10. The molecule has 24 heavy (non-hydrogen) atoms. The Kier molecular flexibility index (Phi) is 4.13. The molecule has 0 saturated heterocycles. The van der Waals surface area contributed by atoms with Gasteiger partial charge in [0, 0.05) is 10.6 Å². The maximum atomic E-state index is 12.3. The maximum absolute atomic E-state index is 12.3. The first-order chi connectivity index (χ1) is 11.4. The lowest BCUT2D eigenvalue weighted by Crippen LogP contribution is -2.27. The molecule has 122 valence electrons. The van der Waals surface area contributed by atoms with Crippen molar-refractivity contribution >= 4 is 39.1 Å². The molecule has 2 N–H and O–H groups in total. The van der Waals surface area contributed by atoms with Gasteiger partial charge in [-0.1, -0.05) is 6.07 Å². The zero-order valence-electron chi connectivity index (χ0n) is 12.6. The first-order valence-corrected chi connectivity index (χ1v) is 7.84. The summed E-state index contributed by atoms with van der Waals surface area (Å²) in [4.78, 5) is 41.2. The van der Waals surface area contributed by atoms with E-state index < -0.39 is 11.9 Å². The molecule has 3 aromatic rings. The molecule has 2 aromatic heterocycles. The van der Waals surface area contributed by atoms with Gasteiger partial charge in [-0.25, -0.2) is 9.78 Å². The molecular weight excluding hydrogens is 330 g/mol. The van der Waals surface area contributed by atoms with Gasteiger partial charge in [0.25, 0.3) is 5.56 Å². The van der Waals surface area contributed by atoms with Crippen LogP contribution in [0.5, 0.6) is 0 Å². The number of anilines is 1. The third kappa shape index (κ3) is 3.18. The number of nitrogens with one attached hydrogen (secondary N) is 1. The number of amides is 1. The summed E-state index contributed by atoms with van der Waals surface area (Å²) in [5.74, 6) is -1.52. The summed E-state index contributed by atoms with van der Waals surface area (Å²) in [5, 5.41) is 12.0. The molecule has 0 radical (unpaired) electrons. The number of benzene rings is 1. The van der Waals surface area contributed by atoms with Crippen LogP contribution in [0.15, 0.2) is 41.5 Å². The van der Waals surface area contributed by atoms with Crippen LogP contribution in [-0.4, -0.2) is 26.5 Å². The molecule has 8 heteroatoms. The summed E-state index contributed by atoms with van der Waals surface area (Å²) in [6.45, 7) is 1.69. The van der Waals surface area contributed by atoms with E-state index in [-0.39, 0.29) is 17.7 Å². The first-order valence-electron chi connectivity index (χ1n) is 7.03. The number of aromatic nitrogens is 2. The van der Waals surface area contributed by atoms with E-state index in [2.05, 4.69) is 10.3 Å². The highest BCUT2D eigenvalue weighted by Gasteiger charge is 2.11. The van der Waals surface area contributed by atoms with E-state index in [0.717, 1.165) is 4.88 Å². The first kappa shape index (κ1) is 15.9. The van der Waals surface area contributed by atoms with Gasteiger partial charge in [-0.05, 0) is 31.2 Å². The van der Waals surface area contributed by atoms with Crippen molar-refractivity contribution in [2.24, 2.45) is 0 Å². The van der Waals surface area contributed by atoms with Crippen molar-refractivity contribution in [3.63, 3.8) is 0 Å². The Morgan fingerprint density at radius 1 is 1.33 bits per heavy atom. The summed E-state index contributed by atoms with van der Waals surface area (Å²) >= 11 is 1.42. The molecule has 0 bridgehead atoms. The van der Waals surface area contributed by atoms with Crippen LogP contribution in [0.4, 0.5) is 5.69 Å². The Hall–Kier alpha value is -3.00. The molecule has 7 nitrogen and oxygen atoms in total. The molecule has 0 aliphatic heterocycles. The van der Waals surface area contributed by atoms with E-state index in [9.17, 15) is 14.4 Å². The Balaban J connectivity index is 1.80. The van der Waals surface area contributed by atoms with Gasteiger partial charge in [0.15, 0.2) is 0 Å². The minimum atomic E-state index is -1.08. The standard InChI is InChI=1S/C16H13N3O4S/c1-9-5-12-14(24-9)17-8-19(15(12)21)7-13(20)18-11-4-2-3-10(6-11)16(22)23/h2-6,8H,7H2,1H3,(H,18,20)(H,22,23). The highest BCUT2D eigenvalue weighted by atomic mass is 32.1. The Morgan fingerprint density at radius 2 is 2.12 bits per heavy atom. The number of aryl methyl sites for hydroxylation is 1. The number of carbonyl (C=O) groups is 2. The van der Waals surface area contributed by atoms with E-state index in [0.29, 0.717) is 15.9 Å². The van der Waals surface area contributed by atoms with Gasteiger partial charge in [0.1, 0.15) is 11.4 Å². The molecule has 0 atom stereocenters. The number of carboxylic acids is 1. The monoisotopic (exact) mass is 343 g/mol. The third-order valence-electron chi connectivity index (χ3n) is 3.35. The van der Waals surface area contributed by atoms with Gasteiger partial charge in [0.2, 0.25) is 5.91 Å². The van der Waals surface area contributed by atoms with Gasteiger partial charge in [0.05, 0.1) is 17.3 Å². The number of carboxylic acid groups (broad SMARTS) is 1. The molecule has 2 heterocycles. The number of rotatable bonds is 4. The molecule has 0 spiro atoms. The van der Waals surface area contributed by atoms with E-state index in [1.165, 1.54) is 40.4 Å². The zero-order valence-corrected chi connectivity index (χ0v) is 13.5. The Morgan fingerprint density at radius 3 is 2.88 bits per heavy atom. The number of hydrogen-bond acceptors (Lipinski definition) is 5. The molecule has 0 saturated carbocycles. The Labute approximate surface area is 140 Å². The van der Waals surface area contributed by atoms with Crippen molar-refractivity contribution < 1.29 is 14.7 Å². The molecule has 0 unspecified atom stereocenters. The van der Waals surface area contributed by atoms with Gasteiger partial charge < -0.3 is 10.4 Å². The van der Waals surface area contributed by atoms with Gasteiger partial charge in [-0.15, -0.1) is 11.3 Å². The number of fused-ring (bicyclic) bond motifs is 1. The second-order valence-electron chi connectivity index (χ2n) is 5.19. The molecule has 3 rings (SSSR count). The van der Waals surface area contributed by atoms with Crippen LogP contribution in [0.25, 0.3) is 10.2 Å². The normalized spacial score (nSPS) is 10.7. The maximum Gasteiger partial charge on any atom is 0.335 e. The predicted molar refractivity (Wildman–Crippen MR) is 90.6 cm³/mol. The largest absolute Gasteiger partial charge is 0.478 e. The smallest absolute Gasteiger partial charge is 0.335 e. The van der Waals surface area contributed by atoms with Crippen molar-refractivity contribution in [3.8, 4) is 0 Å². The van der Waals surface area contributed by atoms with Crippen molar-refractivity contribution in [2.75, 3.05) is 5.32 Å². The molecule has 0 aliphatic rings. The van der Waals surface area contributed by atoms with Crippen molar-refractivity contribution in [1.29, 1.82) is 0 Å². The lowest BCUT2D eigenvalue weighted by atomic mass is 10.2. The number of carbonyl (C=O) groups excluding carboxylic acids is 1. The summed E-state index contributed by atoms with van der Waals surface area (Å²) in [5.41, 5.74) is 0.147. The topological polar surface area (TPSA) is 101 Å². The SMILES string of the molecule is Cc1cc2c(=O)n(CC(=O)Nc3cccc(C(=O)O)c3)cnc2s1. The summed E-state index contributed by atoms with van der Waals surface area (Å²) in [6, 6.07) is 7.65. The lowest BCUT2D eigenvalue weighted by Gasteiger charge is -2.07. The average Bonchev–Trinajstić information content (AvgIpc) is 2.92. The van der Waals surface area contributed by atoms with Crippen molar-refractivity contribution in [3.05, 3.63) is 57.5 Å². The molecule has 1 aromatic carbocycles. The summed E-state index contributed by atoms with van der Waals surface area (Å²) < 4.78 is 1.23. The molecule has 0 aliphatic carbocycles. The van der Waals surface area contributed by atoms with Crippen LogP contribution in [0.2, 0.25) is 0 Å². The van der Waals surface area contributed by atoms with Crippen LogP contribution < -0.4 is 10.9 Å². The van der Waals surface area contributed by atoms with Gasteiger partial charge in [-0.2, -0.15) is 0 Å². The van der Waals surface area contributed by atoms with E-state index in [1.807, 2.05) is 6.92 Å². The van der Waals surface area contributed by atoms with Crippen LogP contribution in [0.1, 0.15) is 15.2 Å². The number of nitrogens with zero attached hydrogens (tertiary/aromatic N) is 2. The van der Waals surface area contributed by atoms with Crippen LogP contribution in [-0.2, 0) is 11.3 Å². The molecular formula is C16H13N3O4S. The fraction of sp³-hybridized carbons (Fsp3) is 0.125. The van der Waals surface area contributed by atoms with Crippen LogP contribution >= 0.6 is 11.3 Å². The van der Waals surface area contributed by atoms with E-state index >= 15 is 0 Å². The molecule has 0 fully saturated rings. The third-order valence-corrected chi connectivity index (χ3v) is 4.31. The average molecular weight is 343 g/mol. The van der Waals surface area contributed by atoms with Gasteiger partial charge in [-0.3, -0.25) is 14.2 Å². The van der Waals surface area contributed by atoms with Crippen molar-refractivity contribution in [2.45, 2.75) is 13.5 Å². The minimum Gasteiger partial charge on any atom is -0.478 e. The lowest BCUT2D eigenvalue weighted by molar-refractivity contribution is -0.116. The van der Waals surface area contributed by atoms with Crippen LogP contribution in [0, 0.1) is 6.92 Å². The van der Waals surface area contributed by atoms with Crippen LogP contribution in [0.3, 0.4) is 0 Å². The summed E-state index contributed by atoms with van der Waals surface area (Å²) in [6.07, 6.45) is 1.34. The fourth-order valence-electron chi connectivity index (χ4n) is 2.28. The highest BCUT2D eigenvalue weighted by Crippen LogP contribution is 2.19. The fourth-order valence-corrected chi connectivity index (χ4v) is 3.12. The van der Waals surface area contributed by atoms with E-state index in [1.54, 1.807) is 12.1 Å². The molecule has 1 amide bonds.